The number of hydrogen-bond acceptors (Lipinski definition) is 1. The van der Waals surface area contributed by atoms with Gasteiger partial charge in [-0.15, -0.1) is 0 Å². The predicted octanol–water partition coefficient (Wildman–Crippen LogP) is 1.77. The molecule has 1 aliphatic carbocycles. The van der Waals surface area contributed by atoms with Gasteiger partial charge in [0.25, 0.3) is 0 Å². The van der Waals surface area contributed by atoms with E-state index in [1.54, 1.807) is 0 Å². The topological polar surface area (TPSA) is 26.0 Å². The number of hydrogen-bond donors (Lipinski definition) is 1. The Morgan fingerprint density at radius 3 is 2.67 bits per heavy atom. The third kappa shape index (κ3) is 1.98. The van der Waals surface area contributed by atoms with Crippen LogP contribution in [0, 0.1) is 11.8 Å². The third-order valence-electron chi connectivity index (χ3n) is 2.30. The Hall–Kier alpha value is -0.0400. The van der Waals surface area contributed by atoms with E-state index in [9.17, 15) is 0 Å². The molecule has 1 rings (SSSR count). The largest absolute Gasteiger partial charge is 0.330 e. The molecule has 0 bridgehead atoms. The van der Waals surface area contributed by atoms with Gasteiger partial charge in [-0.05, 0) is 24.8 Å². The fraction of sp³-hybridized carbons (Fsp3) is 1.00. The summed E-state index contributed by atoms with van der Waals surface area (Å²) < 4.78 is 0. The molecule has 1 fully saturated rings. The maximum Gasteiger partial charge on any atom is -0.00461 e. The van der Waals surface area contributed by atoms with E-state index >= 15 is 0 Å². The van der Waals surface area contributed by atoms with Crippen molar-refractivity contribution in [3.8, 4) is 0 Å². The fourth-order valence-corrected chi connectivity index (χ4v) is 1.42. The molecular formula is C8H17N. The minimum Gasteiger partial charge on any atom is -0.330 e. The van der Waals surface area contributed by atoms with Gasteiger partial charge in [0.2, 0.25) is 0 Å². The lowest BCUT2D eigenvalue weighted by Gasteiger charge is -1.93. The minimum atomic E-state index is 0.900. The van der Waals surface area contributed by atoms with Crippen LogP contribution in [0.15, 0.2) is 0 Å². The van der Waals surface area contributed by atoms with Gasteiger partial charge in [-0.2, -0.15) is 0 Å². The highest BCUT2D eigenvalue weighted by molar-refractivity contribution is 4.86. The van der Waals surface area contributed by atoms with Gasteiger partial charge < -0.3 is 5.73 Å². The molecular weight excluding hydrogens is 110 g/mol. The molecule has 9 heavy (non-hydrogen) atoms. The summed E-state index contributed by atoms with van der Waals surface area (Å²) in [5.41, 5.74) is 5.50. The van der Waals surface area contributed by atoms with Crippen molar-refractivity contribution in [2.75, 3.05) is 6.54 Å². The van der Waals surface area contributed by atoms with Gasteiger partial charge in [-0.3, -0.25) is 0 Å². The van der Waals surface area contributed by atoms with Crippen molar-refractivity contribution in [2.24, 2.45) is 17.6 Å². The highest BCUT2D eigenvalue weighted by atomic mass is 14.6. The molecule has 0 aliphatic heterocycles. The van der Waals surface area contributed by atoms with Crippen LogP contribution < -0.4 is 5.73 Å². The third-order valence-corrected chi connectivity index (χ3v) is 2.30. The molecule has 0 saturated heterocycles. The van der Waals surface area contributed by atoms with E-state index in [4.69, 9.17) is 5.73 Å². The van der Waals surface area contributed by atoms with Gasteiger partial charge in [0, 0.05) is 0 Å². The van der Waals surface area contributed by atoms with Gasteiger partial charge in [0.1, 0.15) is 0 Å². The molecule has 0 aromatic carbocycles. The second kappa shape index (κ2) is 3.21. The summed E-state index contributed by atoms with van der Waals surface area (Å²) >= 11 is 0. The summed E-state index contributed by atoms with van der Waals surface area (Å²) in [5.74, 6) is 1.91. The molecule has 1 nitrogen and oxygen atoms in total. The van der Waals surface area contributed by atoms with Crippen molar-refractivity contribution in [1.29, 1.82) is 0 Å². The Balaban J connectivity index is 1.92. The van der Waals surface area contributed by atoms with E-state index in [0.29, 0.717) is 0 Å². The first kappa shape index (κ1) is 7.07. The zero-order chi connectivity index (χ0) is 6.69. The maximum atomic E-state index is 5.50. The summed E-state index contributed by atoms with van der Waals surface area (Å²) in [4.78, 5) is 0. The van der Waals surface area contributed by atoms with Crippen LogP contribution in [0.2, 0.25) is 0 Å². The van der Waals surface area contributed by atoms with Gasteiger partial charge in [0.05, 0.1) is 0 Å². The Kier molecular flexibility index (Phi) is 2.52. The molecule has 1 heteroatoms. The molecule has 2 atom stereocenters. The number of rotatable bonds is 4. The molecule has 0 amide bonds. The number of unbranched alkanes of at least 4 members (excludes halogenated alkanes) is 1. The van der Waals surface area contributed by atoms with Crippen LogP contribution in [0.25, 0.3) is 0 Å². The Labute approximate surface area is 57.6 Å². The Morgan fingerprint density at radius 2 is 2.22 bits per heavy atom. The van der Waals surface area contributed by atoms with Crippen molar-refractivity contribution in [1.82, 2.24) is 0 Å². The molecule has 0 spiro atoms. The number of nitrogens with two attached hydrogens (primary N) is 1. The molecule has 1 aliphatic rings. The first-order valence-electron chi connectivity index (χ1n) is 4.08. The lowest BCUT2D eigenvalue weighted by Crippen LogP contribution is -2.02. The average Bonchev–Trinajstić information content (AvgIpc) is 2.62. The van der Waals surface area contributed by atoms with E-state index in [-0.39, 0.29) is 0 Å². The smallest absolute Gasteiger partial charge is 0.00461 e. The van der Waals surface area contributed by atoms with Gasteiger partial charge in [-0.25, -0.2) is 0 Å². The summed E-state index contributed by atoms with van der Waals surface area (Å²) in [6.45, 7) is 3.17. The first-order valence-corrected chi connectivity index (χ1v) is 4.08. The van der Waals surface area contributed by atoms with Crippen LogP contribution in [0.4, 0.5) is 0 Å². The summed E-state index contributed by atoms with van der Waals surface area (Å²) in [6, 6.07) is 0. The maximum absolute atomic E-state index is 5.50. The van der Waals surface area contributed by atoms with E-state index in [1.807, 2.05) is 0 Å². The standard InChI is InChI=1S/C8H17N/c1-2-3-4-7-5-8(7)6-9/h7-8H,2-6,9H2,1H3/t7-,8+/m1/s1. The van der Waals surface area contributed by atoms with E-state index < -0.39 is 0 Å². The monoisotopic (exact) mass is 127 g/mol. The van der Waals surface area contributed by atoms with Crippen molar-refractivity contribution < 1.29 is 0 Å². The first-order chi connectivity index (χ1) is 4.38. The molecule has 1 saturated carbocycles. The summed E-state index contributed by atoms with van der Waals surface area (Å²) in [5, 5.41) is 0. The van der Waals surface area contributed by atoms with Crippen molar-refractivity contribution in [2.45, 2.75) is 32.6 Å². The second-order valence-electron chi connectivity index (χ2n) is 3.13. The van der Waals surface area contributed by atoms with Gasteiger partial charge in [0.15, 0.2) is 0 Å². The highest BCUT2D eigenvalue weighted by Gasteiger charge is 2.34. The zero-order valence-electron chi connectivity index (χ0n) is 6.27. The van der Waals surface area contributed by atoms with Crippen LogP contribution in [0.5, 0.6) is 0 Å². The van der Waals surface area contributed by atoms with Crippen LogP contribution in [-0.2, 0) is 0 Å². The quantitative estimate of drug-likeness (QED) is 0.612. The normalized spacial score (nSPS) is 32.7. The Bertz CT molecular complexity index is 80.6. The SMILES string of the molecule is CCCC[C@@H]1C[C@H]1CN. The van der Waals surface area contributed by atoms with E-state index in [0.717, 1.165) is 18.4 Å². The van der Waals surface area contributed by atoms with Crippen LogP contribution >= 0.6 is 0 Å². The molecule has 0 aromatic heterocycles. The highest BCUT2D eigenvalue weighted by Crippen LogP contribution is 2.41. The molecule has 54 valence electrons. The fourth-order valence-electron chi connectivity index (χ4n) is 1.42. The predicted molar refractivity (Wildman–Crippen MR) is 40.2 cm³/mol. The van der Waals surface area contributed by atoms with Crippen molar-refractivity contribution in [3.05, 3.63) is 0 Å². The Morgan fingerprint density at radius 1 is 1.44 bits per heavy atom. The average molecular weight is 127 g/mol. The van der Waals surface area contributed by atoms with Gasteiger partial charge >= 0.3 is 0 Å². The van der Waals surface area contributed by atoms with Crippen molar-refractivity contribution >= 4 is 0 Å². The zero-order valence-corrected chi connectivity index (χ0v) is 6.27. The van der Waals surface area contributed by atoms with Crippen LogP contribution in [0.3, 0.4) is 0 Å². The summed E-state index contributed by atoms with van der Waals surface area (Å²) in [6.07, 6.45) is 5.59. The van der Waals surface area contributed by atoms with Crippen LogP contribution in [0.1, 0.15) is 32.6 Å². The summed E-state index contributed by atoms with van der Waals surface area (Å²) in [7, 11) is 0. The molecule has 0 unspecified atom stereocenters. The minimum absolute atomic E-state index is 0.900. The molecule has 0 heterocycles. The molecule has 2 N–H and O–H groups in total. The van der Waals surface area contributed by atoms with E-state index in [2.05, 4.69) is 6.92 Å². The van der Waals surface area contributed by atoms with Crippen molar-refractivity contribution in [3.63, 3.8) is 0 Å². The lowest BCUT2D eigenvalue weighted by atomic mass is 10.1. The van der Waals surface area contributed by atoms with E-state index in [1.165, 1.54) is 25.7 Å². The van der Waals surface area contributed by atoms with Crippen LogP contribution in [-0.4, -0.2) is 6.54 Å². The molecule has 0 radical (unpaired) electrons. The second-order valence-corrected chi connectivity index (χ2v) is 3.13. The molecule has 0 aromatic rings. The van der Waals surface area contributed by atoms with Gasteiger partial charge in [-0.1, -0.05) is 26.2 Å². The lowest BCUT2D eigenvalue weighted by molar-refractivity contribution is 0.606.